The molecule has 1 aromatic rings. The van der Waals surface area contributed by atoms with E-state index >= 15 is 0 Å². The number of alkyl halides is 3. The lowest BCUT2D eigenvalue weighted by Gasteiger charge is -2.14. The number of benzene rings is 1. The minimum Gasteiger partial charge on any atom is -0.491 e. The number of carbonyl (C=O) groups is 1. The van der Waals surface area contributed by atoms with E-state index in [9.17, 15) is 27.5 Å². The molecular weight excluding hydrogens is 296 g/mol. The molecule has 0 aliphatic carbocycles. The van der Waals surface area contributed by atoms with Crippen LogP contribution in [0, 0.1) is 5.82 Å². The number of rotatable bonds is 6. The third-order valence-corrected chi connectivity index (χ3v) is 2.20. The lowest BCUT2D eigenvalue weighted by molar-refractivity contribution is -0.122. The molecule has 1 aromatic carbocycles. The van der Waals surface area contributed by atoms with Crippen LogP contribution >= 0.6 is 0 Å². The van der Waals surface area contributed by atoms with Gasteiger partial charge in [0.2, 0.25) is 0 Å². The van der Waals surface area contributed by atoms with Crippen LogP contribution in [0.2, 0.25) is 0 Å². The molecule has 0 heterocycles. The highest BCUT2D eigenvalue weighted by atomic mass is 19.4. The number of halogens is 4. The van der Waals surface area contributed by atoms with Crippen molar-refractivity contribution in [1.82, 2.24) is 10.6 Å². The Hall–Kier alpha value is -2.03. The number of nitrogens with one attached hydrogen (secondary N) is 2. The van der Waals surface area contributed by atoms with E-state index in [1.54, 1.807) is 5.32 Å². The topological polar surface area (TPSA) is 70.6 Å². The first-order valence-corrected chi connectivity index (χ1v) is 5.91. The van der Waals surface area contributed by atoms with E-state index in [4.69, 9.17) is 4.74 Å². The third kappa shape index (κ3) is 7.98. The number of aliphatic hydroxyl groups excluding tert-OH is 1. The zero-order valence-electron chi connectivity index (χ0n) is 10.8. The summed E-state index contributed by atoms with van der Waals surface area (Å²) >= 11 is 0. The van der Waals surface area contributed by atoms with Crippen molar-refractivity contribution < 1.29 is 32.2 Å². The molecule has 9 heteroatoms. The van der Waals surface area contributed by atoms with Gasteiger partial charge in [-0.3, -0.25) is 0 Å². The fourth-order valence-corrected chi connectivity index (χ4v) is 1.24. The van der Waals surface area contributed by atoms with E-state index in [1.165, 1.54) is 24.3 Å². The Morgan fingerprint density at radius 3 is 2.43 bits per heavy atom. The van der Waals surface area contributed by atoms with E-state index in [-0.39, 0.29) is 13.2 Å². The third-order valence-electron chi connectivity index (χ3n) is 2.20. The predicted octanol–water partition coefficient (Wildman–Crippen LogP) is 1.43. The maximum absolute atomic E-state index is 12.6. The van der Waals surface area contributed by atoms with E-state index < -0.39 is 30.7 Å². The summed E-state index contributed by atoms with van der Waals surface area (Å²) in [7, 11) is 0. The summed E-state index contributed by atoms with van der Waals surface area (Å²) in [5.74, 6) is -0.122. The molecule has 118 valence electrons. The van der Waals surface area contributed by atoms with Crippen molar-refractivity contribution in [3.05, 3.63) is 30.1 Å². The number of urea groups is 1. The highest BCUT2D eigenvalue weighted by Gasteiger charge is 2.27. The molecule has 1 unspecified atom stereocenters. The lowest BCUT2D eigenvalue weighted by Crippen LogP contribution is -2.44. The van der Waals surface area contributed by atoms with Crippen molar-refractivity contribution in [1.29, 1.82) is 0 Å². The van der Waals surface area contributed by atoms with Crippen LogP contribution in [0.15, 0.2) is 24.3 Å². The van der Waals surface area contributed by atoms with Crippen LogP contribution in [0.25, 0.3) is 0 Å². The Balaban J connectivity index is 2.20. The van der Waals surface area contributed by atoms with Crippen molar-refractivity contribution in [2.45, 2.75) is 12.3 Å². The minimum atomic E-state index is -4.50. The van der Waals surface area contributed by atoms with Gasteiger partial charge in [0.25, 0.3) is 0 Å². The van der Waals surface area contributed by atoms with Gasteiger partial charge in [0.05, 0.1) is 0 Å². The Morgan fingerprint density at radius 1 is 1.24 bits per heavy atom. The quantitative estimate of drug-likeness (QED) is 0.696. The summed E-state index contributed by atoms with van der Waals surface area (Å²) < 4.78 is 53.2. The molecular formula is C12H14F4N2O3. The first kappa shape index (κ1) is 17.0. The zero-order valence-corrected chi connectivity index (χ0v) is 10.8. The van der Waals surface area contributed by atoms with E-state index in [2.05, 4.69) is 5.32 Å². The van der Waals surface area contributed by atoms with Crippen LogP contribution in [-0.4, -0.2) is 43.1 Å². The van der Waals surface area contributed by atoms with Crippen molar-refractivity contribution in [3.63, 3.8) is 0 Å². The number of amides is 2. The van der Waals surface area contributed by atoms with E-state index in [0.717, 1.165) is 0 Å². The maximum Gasteiger partial charge on any atom is 0.405 e. The summed E-state index contributed by atoms with van der Waals surface area (Å²) in [5, 5.41) is 13.1. The summed E-state index contributed by atoms with van der Waals surface area (Å²) in [6, 6.07) is 4.00. The van der Waals surface area contributed by atoms with Gasteiger partial charge < -0.3 is 20.5 Å². The Labute approximate surface area is 117 Å². The van der Waals surface area contributed by atoms with Gasteiger partial charge in [-0.05, 0) is 24.3 Å². The van der Waals surface area contributed by atoms with Gasteiger partial charge in [0.1, 0.15) is 30.8 Å². The SMILES string of the molecule is O=C(NCC(O)COc1ccc(F)cc1)NCC(F)(F)F. The Kier molecular flexibility index (Phi) is 6.22. The van der Waals surface area contributed by atoms with E-state index in [0.29, 0.717) is 5.75 Å². The molecule has 0 spiro atoms. The molecule has 0 bridgehead atoms. The number of hydrogen-bond donors (Lipinski definition) is 3. The van der Waals surface area contributed by atoms with Gasteiger partial charge in [-0.25, -0.2) is 9.18 Å². The number of aliphatic hydroxyl groups is 1. The van der Waals surface area contributed by atoms with Crippen LogP contribution in [0.5, 0.6) is 5.75 Å². The normalized spacial score (nSPS) is 12.6. The van der Waals surface area contributed by atoms with Gasteiger partial charge in [0, 0.05) is 6.54 Å². The van der Waals surface area contributed by atoms with Gasteiger partial charge in [-0.2, -0.15) is 13.2 Å². The highest BCUT2D eigenvalue weighted by Crippen LogP contribution is 2.12. The fraction of sp³-hybridized carbons (Fsp3) is 0.417. The van der Waals surface area contributed by atoms with Crippen LogP contribution in [0.4, 0.5) is 22.4 Å². The number of ether oxygens (including phenoxy) is 1. The van der Waals surface area contributed by atoms with Gasteiger partial charge in [-0.1, -0.05) is 0 Å². The largest absolute Gasteiger partial charge is 0.491 e. The summed E-state index contributed by atoms with van der Waals surface area (Å²) in [6.45, 7) is -1.95. The molecule has 1 atom stereocenters. The highest BCUT2D eigenvalue weighted by molar-refractivity contribution is 5.73. The molecule has 3 N–H and O–H groups in total. The van der Waals surface area contributed by atoms with Crippen molar-refractivity contribution >= 4 is 6.03 Å². The Bertz CT molecular complexity index is 451. The fourth-order valence-electron chi connectivity index (χ4n) is 1.24. The average molecular weight is 310 g/mol. The second-order valence-electron chi connectivity index (χ2n) is 4.10. The summed E-state index contributed by atoms with van der Waals surface area (Å²) in [6.07, 6.45) is -5.62. The molecule has 21 heavy (non-hydrogen) atoms. The van der Waals surface area contributed by atoms with Gasteiger partial charge >= 0.3 is 12.2 Å². The smallest absolute Gasteiger partial charge is 0.405 e. The summed E-state index contributed by atoms with van der Waals surface area (Å²) in [4.78, 5) is 11.0. The molecule has 0 aliphatic rings. The maximum atomic E-state index is 12.6. The second-order valence-corrected chi connectivity index (χ2v) is 4.10. The van der Waals surface area contributed by atoms with Crippen LogP contribution in [0.3, 0.4) is 0 Å². The molecule has 1 rings (SSSR count). The van der Waals surface area contributed by atoms with Crippen molar-refractivity contribution in [2.24, 2.45) is 0 Å². The lowest BCUT2D eigenvalue weighted by atomic mass is 10.3. The molecule has 0 radical (unpaired) electrons. The molecule has 0 saturated heterocycles. The van der Waals surface area contributed by atoms with Crippen LogP contribution in [-0.2, 0) is 0 Å². The first-order valence-electron chi connectivity index (χ1n) is 5.91. The standard InChI is InChI=1S/C12H14F4N2O3/c13-8-1-3-10(4-2-8)21-6-9(19)5-17-11(20)18-7-12(14,15)16/h1-4,9,19H,5-7H2,(H2,17,18,20). The molecule has 0 aliphatic heterocycles. The minimum absolute atomic E-state index is 0.203. The predicted molar refractivity (Wildman–Crippen MR) is 65.4 cm³/mol. The average Bonchev–Trinajstić information content (AvgIpc) is 2.41. The molecule has 2 amide bonds. The molecule has 0 fully saturated rings. The second kappa shape index (κ2) is 7.67. The molecule has 5 nitrogen and oxygen atoms in total. The zero-order chi connectivity index (χ0) is 15.9. The van der Waals surface area contributed by atoms with Gasteiger partial charge in [0.15, 0.2) is 0 Å². The van der Waals surface area contributed by atoms with Crippen LogP contribution in [0.1, 0.15) is 0 Å². The van der Waals surface area contributed by atoms with E-state index in [1.807, 2.05) is 0 Å². The first-order chi connectivity index (χ1) is 9.76. The summed E-state index contributed by atoms with van der Waals surface area (Å²) in [5.41, 5.74) is 0. The van der Waals surface area contributed by atoms with Crippen LogP contribution < -0.4 is 15.4 Å². The van der Waals surface area contributed by atoms with Crippen molar-refractivity contribution in [3.8, 4) is 5.75 Å². The molecule has 0 saturated carbocycles. The van der Waals surface area contributed by atoms with Gasteiger partial charge in [-0.15, -0.1) is 0 Å². The van der Waals surface area contributed by atoms with Crippen molar-refractivity contribution in [2.75, 3.05) is 19.7 Å². The monoisotopic (exact) mass is 310 g/mol. The molecule has 0 aromatic heterocycles. The number of hydrogen-bond acceptors (Lipinski definition) is 3. The Morgan fingerprint density at radius 2 is 1.86 bits per heavy atom. The number of carbonyl (C=O) groups excluding carboxylic acids is 1.